The highest BCUT2D eigenvalue weighted by Crippen LogP contribution is 2.27. The van der Waals surface area contributed by atoms with Gasteiger partial charge >= 0.3 is 0 Å². The Morgan fingerprint density at radius 2 is 1.33 bits per heavy atom. The molecule has 5 aromatic rings. The lowest BCUT2D eigenvalue weighted by Crippen LogP contribution is -2.11. The molecule has 2 aromatic heterocycles. The molecule has 7 nitrogen and oxygen atoms in total. The van der Waals surface area contributed by atoms with Crippen molar-refractivity contribution in [3.05, 3.63) is 74.0 Å². The van der Waals surface area contributed by atoms with Crippen LogP contribution in [0.5, 0.6) is 0 Å². The van der Waals surface area contributed by atoms with Crippen molar-refractivity contribution in [2.45, 2.75) is 18.7 Å². The fourth-order valence-electron chi connectivity index (χ4n) is 4.04. The molecule has 0 unspecified atom stereocenters. The Hall–Kier alpha value is -3.49. The van der Waals surface area contributed by atoms with Crippen LogP contribution >= 0.6 is 0 Å². The molecule has 0 saturated heterocycles. The van der Waals surface area contributed by atoms with E-state index in [0.29, 0.717) is 38.3 Å². The zero-order valence-electron chi connectivity index (χ0n) is 16.0. The highest BCUT2D eigenvalue weighted by molar-refractivity contribution is 7.86. The lowest BCUT2D eigenvalue weighted by Gasteiger charge is -2.10. The zero-order chi connectivity index (χ0) is 21.4. The molecule has 5 rings (SSSR count). The Labute approximate surface area is 169 Å². The molecule has 0 atom stereocenters. The summed E-state index contributed by atoms with van der Waals surface area (Å²) in [7, 11) is -4.57. The van der Waals surface area contributed by atoms with Gasteiger partial charge in [0.15, 0.2) is 10.9 Å². The second kappa shape index (κ2) is 6.01. The first kappa shape index (κ1) is 18.5. The van der Waals surface area contributed by atoms with Gasteiger partial charge in [0.2, 0.25) is 0 Å². The van der Waals surface area contributed by atoms with Crippen molar-refractivity contribution in [1.29, 1.82) is 0 Å². The summed E-state index contributed by atoms with van der Waals surface area (Å²) >= 11 is 0. The summed E-state index contributed by atoms with van der Waals surface area (Å²) in [5.41, 5.74) is 2.17. The van der Waals surface area contributed by atoms with Crippen LogP contribution in [0, 0.1) is 13.8 Å². The lowest BCUT2D eigenvalue weighted by molar-refractivity contribution is 0.483. The van der Waals surface area contributed by atoms with Crippen LogP contribution in [0.15, 0.2) is 56.9 Å². The van der Waals surface area contributed by atoms with E-state index in [9.17, 15) is 22.6 Å². The number of aromatic nitrogens is 2. The molecule has 150 valence electrons. The van der Waals surface area contributed by atoms with Crippen molar-refractivity contribution in [2.24, 2.45) is 0 Å². The number of H-pyrrole nitrogens is 2. The number of hydrogen-bond acceptors (Lipinski definition) is 4. The van der Waals surface area contributed by atoms with Gasteiger partial charge in [0.1, 0.15) is 4.90 Å². The normalized spacial score (nSPS) is 12.4. The molecule has 0 radical (unpaired) electrons. The van der Waals surface area contributed by atoms with Crippen molar-refractivity contribution in [3.8, 4) is 0 Å². The minimum atomic E-state index is -4.57. The minimum absolute atomic E-state index is 0.0161. The maximum absolute atomic E-state index is 13.1. The van der Waals surface area contributed by atoms with E-state index in [2.05, 4.69) is 9.97 Å². The van der Waals surface area contributed by atoms with E-state index in [1.165, 1.54) is 19.1 Å². The van der Waals surface area contributed by atoms with E-state index < -0.39 is 15.5 Å². The molecule has 0 amide bonds. The molecule has 0 spiro atoms. The molecule has 0 fully saturated rings. The van der Waals surface area contributed by atoms with Gasteiger partial charge < -0.3 is 9.97 Å². The van der Waals surface area contributed by atoms with Gasteiger partial charge in [0.25, 0.3) is 10.1 Å². The molecule has 0 saturated carbocycles. The van der Waals surface area contributed by atoms with Gasteiger partial charge in [0.05, 0.1) is 16.6 Å². The smallest absolute Gasteiger partial charge is 0.296 e. The van der Waals surface area contributed by atoms with Crippen LogP contribution in [0.1, 0.15) is 11.1 Å². The molecule has 2 heterocycles. The maximum Gasteiger partial charge on any atom is 0.296 e. The van der Waals surface area contributed by atoms with Gasteiger partial charge in [0, 0.05) is 27.1 Å². The SMILES string of the molecule is Cc1ccc2[nH]c3cc4c(=O)c5ccc(C)c(S(=O)(=O)O)c5[nH]c4cc3c(=O)c2c1. The number of nitrogens with one attached hydrogen (secondary N) is 2. The third-order valence-electron chi connectivity index (χ3n) is 5.45. The number of aryl methyl sites for hydroxylation is 2. The fraction of sp³-hybridized carbons (Fsp3) is 0.0909. The zero-order valence-corrected chi connectivity index (χ0v) is 16.8. The average molecular weight is 420 g/mol. The molecule has 0 aliphatic rings. The molecular weight excluding hydrogens is 404 g/mol. The first-order valence-corrected chi connectivity index (χ1v) is 10.6. The Kier molecular flexibility index (Phi) is 3.71. The highest BCUT2D eigenvalue weighted by atomic mass is 32.2. The largest absolute Gasteiger partial charge is 0.354 e. The first-order chi connectivity index (χ1) is 14.1. The summed E-state index contributed by atoms with van der Waals surface area (Å²) < 4.78 is 33.6. The van der Waals surface area contributed by atoms with E-state index >= 15 is 0 Å². The first-order valence-electron chi connectivity index (χ1n) is 9.18. The summed E-state index contributed by atoms with van der Waals surface area (Å²) in [6.07, 6.45) is 0. The van der Waals surface area contributed by atoms with Gasteiger partial charge in [-0.3, -0.25) is 14.1 Å². The number of rotatable bonds is 1. The molecule has 3 aromatic carbocycles. The Bertz CT molecular complexity index is 1780. The molecule has 8 heteroatoms. The quantitative estimate of drug-likeness (QED) is 0.283. The van der Waals surface area contributed by atoms with Crippen molar-refractivity contribution in [1.82, 2.24) is 9.97 Å². The van der Waals surface area contributed by atoms with Crippen molar-refractivity contribution >= 4 is 53.7 Å². The third kappa shape index (κ3) is 2.58. The summed E-state index contributed by atoms with van der Waals surface area (Å²) in [4.78, 5) is 32.0. The van der Waals surface area contributed by atoms with E-state index in [4.69, 9.17) is 0 Å². The number of pyridine rings is 2. The van der Waals surface area contributed by atoms with E-state index in [1.54, 1.807) is 18.2 Å². The molecule has 30 heavy (non-hydrogen) atoms. The summed E-state index contributed by atoms with van der Waals surface area (Å²) in [5, 5.41) is 1.34. The Morgan fingerprint density at radius 1 is 0.733 bits per heavy atom. The molecule has 0 bridgehead atoms. The van der Waals surface area contributed by atoms with Crippen molar-refractivity contribution in [2.75, 3.05) is 0 Å². The standard InChI is InChI=1S/C22H16N2O5S/c1-10-3-6-16-13(7-10)21(26)14-9-18-15(8-17(14)23-16)20(25)12-5-4-11(2)22(19(12)24-18)30(27,28)29/h3-9H,1-2H3,(H,23,26)(H,24,25)(H,27,28,29). The Morgan fingerprint density at radius 3 is 2.00 bits per heavy atom. The van der Waals surface area contributed by atoms with Gasteiger partial charge in [-0.05, 0) is 49.7 Å². The Balaban J connectivity index is 2.01. The summed E-state index contributed by atoms with van der Waals surface area (Å²) in [6, 6.07) is 11.6. The van der Waals surface area contributed by atoms with Crippen molar-refractivity contribution in [3.63, 3.8) is 0 Å². The molecule has 0 aliphatic carbocycles. The maximum atomic E-state index is 13.1. The van der Waals surface area contributed by atoms with Crippen LogP contribution < -0.4 is 10.9 Å². The van der Waals surface area contributed by atoms with Crippen LogP contribution in [0.4, 0.5) is 0 Å². The highest BCUT2D eigenvalue weighted by Gasteiger charge is 2.20. The summed E-state index contributed by atoms with van der Waals surface area (Å²) in [6.45, 7) is 3.43. The summed E-state index contributed by atoms with van der Waals surface area (Å²) in [5.74, 6) is 0. The number of hydrogen-bond donors (Lipinski definition) is 3. The molecule has 0 aliphatic heterocycles. The number of benzene rings is 3. The topological polar surface area (TPSA) is 120 Å². The van der Waals surface area contributed by atoms with E-state index in [-0.39, 0.29) is 21.2 Å². The fourth-order valence-corrected chi connectivity index (χ4v) is 4.93. The van der Waals surface area contributed by atoms with Crippen LogP contribution in [-0.2, 0) is 10.1 Å². The second-order valence-corrected chi connectivity index (χ2v) is 8.87. The van der Waals surface area contributed by atoms with Crippen LogP contribution in [0.25, 0.3) is 43.6 Å². The predicted octanol–water partition coefficient (Wildman–Crippen LogP) is 3.54. The monoisotopic (exact) mass is 420 g/mol. The average Bonchev–Trinajstić information content (AvgIpc) is 2.67. The van der Waals surface area contributed by atoms with Gasteiger partial charge in [-0.2, -0.15) is 8.42 Å². The van der Waals surface area contributed by atoms with Gasteiger partial charge in [-0.25, -0.2) is 0 Å². The van der Waals surface area contributed by atoms with E-state index in [1.807, 2.05) is 19.1 Å². The van der Waals surface area contributed by atoms with Gasteiger partial charge in [-0.15, -0.1) is 0 Å². The number of fused-ring (bicyclic) bond motifs is 4. The third-order valence-corrected chi connectivity index (χ3v) is 6.49. The predicted molar refractivity (Wildman–Crippen MR) is 117 cm³/mol. The lowest BCUT2D eigenvalue weighted by atomic mass is 10.0. The molecular formula is C22H16N2O5S. The second-order valence-electron chi connectivity index (χ2n) is 7.51. The van der Waals surface area contributed by atoms with E-state index in [0.717, 1.165) is 5.56 Å². The minimum Gasteiger partial charge on any atom is -0.354 e. The molecule has 3 N–H and O–H groups in total. The van der Waals surface area contributed by atoms with Gasteiger partial charge in [-0.1, -0.05) is 17.7 Å². The number of aromatic amines is 2. The van der Waals surface area contributed by atoms with Crippen LogP contribution in [0.3, 0.4) is 0 Å². The van der Waals surface area contributed by atoms with Crippen LogP contribution in [-0.4, -0.2) is 22.9 Å². The van der Waals surface area contributed by atoms with Crippen molar-refractivity contribution < 1.29 is 13.0 Å². The van der Waals surface area contributed by atoms with Crippen LogP contribution in [0.2, 0.25) is 0 Å².